The molecule has 1 aliphatic heterocycles. The standard InChI is InChI=1S/C17H29N3O/c1-5-17(2,3)14-7-6-13(11-18)15(10-14)20-9-8-19(4)16(21)12-20/h13-15H,5-10,12H2,1-4H3. The van der Waals surface area contributed by atoms with Gasteiger partial charge in [-0.05, 0) is 30.6 Å². The summed E-state index contributed by atoms with van der Waals surface area (Å²) in [5.74, 6) is 0.937. The highest BCUT2D eigenvalue weighted by atomic mass is 16.2. The van der Waals surface area contributed by atoms with Crippen molar-refractivity contribution in [2.24, 2.45) is 17.3 Å². The zero-order valence-corrected chi connectivity index (χ0v) is 13.9. The zero-order valence-electron chi connectivity index (χ0n) is 13.9. The second-order valence-corrected chi connectivity index (χ2v) is 7.44. The highest BCUT2D eigenvalue weighted by molar-refractivity contribution is 5.78. The highest BCUT2D eigenvalue weighted by Gasteiger charge is 2.41. The van der Waals surface area contributed by atoms with E-state index in [0.717, 1.165) is 32.4 Å². The van der Waals surface area contributed by atoms with E-state index in [4.69, 9.17) is 0 Å². The van der Waals surface area contributed by atoms with E-state index in [9.17, 15) is 10.1 Å². The van der Waals surface area contributed by atoms with Crippen LogP contribution in [0.1, 0.15) is 46.5 Å². The fourth-order valence-electron chi connectivity index (χ4n) is 3.76. The summed E-state index contributed by atoms with van der Waals surface area (Å²) in [6.07, 6.45) is 4.37. The SMILES string of the molecule is CCC(C)(C)C1CCC(C#N)C(N2CCN(C)C(=O)C2)C1. The van der Waals surface area contributed by atoms with Crippen molar-refractivity contribution in [3.63, 3.8) is 0 Å². The molecule has 3 unspecified atom stereocenters. The van der Waals surface area contributed by atoms with Crippen LogP contribution >= 0.6 is 0 Å². The molecule has 1 aliphatic carbocycles. The molecular weight excluding hydrogens is 262 g/mol. The molecule has 1 saturated heterocycles. The van der Waals surface area contributed by atoms with Crippen LogP contribution in [-0.4, -0.2) is 48.4 Å². The van der Waals surface area contributed by atoms with Gasteiger partial charge in [-0.1, -0.05) is 27.2 Å². The third-order valence-corrected chi connectivity index (χ3v) is 5.95. The molecule has 4 heteroatoms. The lowest BCUT2D eigenvalue weighted by molar-refractivity contribution is -0.136. The van der Waals surface area contributed by atoms with E-state index in [0.29, 0.717) is 17.9 Å². The molecule has 0 aromatic rings. The molecule has 118 valence electrons. The fraction of sp³-hybridized carbons (Fsp3) is 0.882. The first-order chi connectivity index (χ1) is 9.89. The van der Waals surface area contributed by atoms with Crippen LogP contribution in [-0.2, 0) is 4.79 Å². The number of likely N-dealkylation sites (N-methyl/N-ethyl adjacent to an activating group) is 1. The van der Waals surface area contributed by atoms with Gasteiger partial charge in [0.05, 0.1) is 18.5 Å². The third kappa shape index (κ3) is 3.40. The summed E-state index contributed by atoms with van der Waals surface area (Å²) in [6, 6.07) is 2.76. The molecule has 1 heterocycles. The summed E-state index contributed by atoms with van der Waals surface area (Å²) in [7, 11) is 1.87. The number of carbonyl (C=O) groups is 1. The van der Waals surface area contributed by atoms with Gasteiger partial charge >= 0.3 is 0 Å². The summed E-state index contributed by atoms with van der Waals surface area (Å²) in [5, 5.41) is 9.48. The van der Waals surface area contributed by atoms with Crippen molar-refractivity contribution in [1.29, 1.82) is 5.26 Å². The Labute approximate surface area is 129 Å². The molecule has 0 spiro atoms. The normalized spacial score (nSPS) is 32.0. The molecule has 2 aliphatic rings. The van der Waals surface area contributed by atoms with E-state index in [1.54, 1.807) is 4.90 Å². The number of amides is 1. The van der Waals surface area contributed by atoms with Crippen molar-refractivity contribution in [2.75, 3.05) is 26.7 Å². The number of nitriles is 1. The van der Waals surface area contributed by atoms with Crippen LogP contribution in [0.3, 0.4) is 0 Å². The molecule has 0 radical (unpaired) electrons. The van der Waals surface area contributed by atoms with Crippen LogP contribution in [0.15, 0.2) is 0 Å². The molecule has 21 heavy (non-hydrogen) atoms. The van der Waals surface area contributed by atoms with E-state index >= 15 is 0 Å². The molecule has 0 aromatic heterocycles. The molecule has 4 nitrogen and oxygen atoms in total. The van der Waals surface area contributed by atoms with Crippen molar-refractivity contribution in [2.45, 2.75) is 52.5 Å². The molecule has 1 amide bonds. The summed E-state index contributed by atoms with van der Waals surface area (Å²) in [5.41, 5.74) is 0.329. The molecule has 2 rings (SSSR count). The van der Waals surface area contributed by atoms with Gasteiger partial charge in [0.25, 0.3) is 0 Å². The van der Waals surface area contributed by atoms with Crippen molar-refractivity contribution < 1.29 is 4.79 Å². The Bertz CT molecular complexity index is 426. The number of rotatable bonds is 3. The van der Waals surface area contributed by atoms with E-state index in [-0.39, 0.29) is 17.9 Å². The van der Waals surface area contributed by atoms with Crippen LogP contribution in [0.25, 0.3) is 0 Å². The van der Waals surface area contributed by atoms with Gasteiger partial charge in [-0.3, -0.25) is 9.69 Å². The van der Waals surface area contributed by atoms with Crippen molar-refractivity contribution in [3.8, 4) is 6.07 Å². The maximum Gasteiger partial charge on any atom is 0.236 e. The Hall–Kier alpha value is -1.08. The maximum absolute atomic E-state index is 12.0. The Kier molecular flexibility index (Phi) is 4.93. The minimum Gasteiger partial charge on any atom is -0.343 e. The lowest BCUT2D eigenvalue weighted by Gasteiger charge is -2.46. The van der Waals surface area contributed by atoms with E-state index in [1.807, 2.05) is 7.05 Å². The average molecular weight is 291 g/mol. The second-order valence-electron chi connectivity index (χ2n) is 7.44. The van der Waals surface area contributed by atoms with E-state index < -0.39 is 0 Å². The van der Waals surface area contributed by atoms with Crippen LogP contribution in [0.5, 0.6) is 0 Å². The molecular formula is C17H29N3O. The minimum absolute atomic E-state index is 0.0881. The molecule has 1 saturated carbocycles. The maximum atomic E-state index is 12.0. The Morgan fingerprint density at radius 3 is 2.62 bits per heavy atom. The van der Waals surface area contributed by atoms with Gasteiger partial charge in [0, 0.05) is 26.2 Å². The van der Waals surface area contributed by atoms with Crippen LogP contribution in [0.2, 0.25) is 0 Å². The van der Waals surface area contributed by atoms with Gasteiger partial charge in [-0.25, -0.2) is 0 Å². The van der Waals surface area contributed by atoms with Crippen molar-refractivity contribution in [1.82, 2.24) is 9.80 Å². The lowest BCUT2D eigenvalue weighted by atomic mass is 9.66. The summed E-state index contributed by atoms with van der Waals surface area (Å²) in [4.78, 5) is 16.0. The number of nitrogens with zero attached hydrogens (tertiary/aromatic N) is 3. The topological polar surface area (TPSA) is 47.3 Å². The quantitative estimate of drug-likeness (QED) is 0.802. The largest absolute Gasteiger partial charge is 0.343 e. The van der Waals surface area contributed by atoms with Gasteiger partial charge < -0.3 is 4.90 Å². The monoisotopic (exact) mass is 291 g/mol. The smallest absolute Gasteiger partial charge is 0.236 e. The third-order valence-electron chi connectivity index (χ3n) is 5.95. The van der Waals surface area contributed by atoms with E-state index in [1.165, 1.54) is 6.42 Å². The zero-order chi connectivity index (χ0) is 15.6. The van der Waals surface area contributed by atoms with Crippen LogP contribution in [0.4, 0.5) is 0 Å². The predicted octanol–water partition coefficient (Wildman–Crippen LogP) is 2.51. The molecule has 2 fully saturated rings. The van der Waals surface area contributed by atoms with Gasteiger partial charge in [-0.2, -0.15) is 5.26 Å². The summed E-state index contributed by atoms with van der Waals surface area (Å²) >= 11 is 0. The fourth-order valence-corrected chi connectivity index (χ4v) is 3.76. The Morgan fingerprint density at radius 2 is 2.05 bits per heavy atom. The second kappa shape index (κ2) is 6.36. The van der Waals surface area contributed by atoms with Crippen molar-refractivity contribution >= 4 is 5.91 Å². The first-order valence-corrected chi connectivity index (χ1v) is 8.26. The highest BCUT2D eigenvalue weighted by Crippen LogP contribution is 2.43. The Balaban J connectivity index is 2.11. The minimum atomic E-state index is 0.0881. The number of hydrogen-bond donors (Lipinski definition) is 0. The molecule has 3 atom stereocenters. The summed E-state index contributed by atoms with van der Waals surface area (Å²) < 4.78 is 0. The number of hydrogen-bond acceptors (Lipinski definition) is 3. The van der Waals surface area contributed by atoms with Gasteiger partial charge in [0.1, 0.15) is 0 Å². The van der Waals surface area contributed by atoms with Gasteiger partial charge in [0.2, 0.25) is 5.91 Å². The molecule has 0 N–H and O–H groups in total. The summed E-state index contributed by atoms with van der Waals surface area (Å²) in [6.45, 7) is 9.12. The number of carbonyl (C=O) groups excluding carboxylic acids is 1. The van der Waals surface area contributed by atoms with E-state index in [2.05, 4.69) is 31.7 Å². The van der Waals surface area contributed by atoms with Crippen LogP contribution < -0.4 is 0 Å². The molecule has 0 aromatic carbocycles. The molecule has 0 bridgehead atoms. The van der Waals surface area contributed by atoms with Crippen LogP contribution in [0, 0.1) is 28.6 Å². The van der Waals surface area contributed by atoms with Gasteiger partial charge in [-0.15, -0.1) is 0 Å². The lowest BCUT2D eigenvalue weighted by Crippen LogP contribution is -2.55. The predicted molar refractivity (Wildman–Crippen MR) is 83.5 cm³/mol. The van der Waals surface area contributed by atoms with Crippen molar-refractivity contribution in [3.05, 3.63) is 0 Å². The average Bonchev–Trinajstić information content (AvgIpc) is 2.49. The van der Waals surface area contributed by atoms with Gasteiger partial charge in [0.15, 0.2) is 0 Å². The Morgan fingerprint density at radius 1 is 1.33 bits per heavy atom. The number of piperazine rings is 1. The first kappa shape index (κ1) is 16.3. The first-order valence-electron chi connectivity index (χ1n) is 8.26.